The summed E-state index contributed by atoms with van der Waals surface area (Å²) in [7, 11) is 0. The van der Waals surface area contributed by atoms with Crippen molar-refractivity contribution in [3.8, 4) is 0 Å². The molecule has 1 heterocycles. The summed E-state index contributed by atoms with van der Waals surface area (Å²) in [5.41, 5.74) is 5.80. The molecule has 2 atom stereocenters. The van der Waals surface area contributed by atoms with Crippen LogP contribution >= 0.6 is 0 Å². The third-order valence-electron chi connectivity index (χ3n) is 3.06. The van der Waals surface area contributed by atoms with Crippen LogP contribution in [-0.4, -0.2) is 41.5 Å². The molecule has 2 unspecified atom stereocenters. The molecule has 0 aromatic rings. The average Bonchev–Trinajstić information content (AvgIpc) is 2.12. The number of likely N-dealkylation sites (tertiary alicyclic amines) is 1. The quantitative estimate of drug-likeness (QED) is 0.707. The van der Waals surface area contributed by atoms with Crippen LogP contribution in [-0.2, 0) is 4.79 Å². The maximum atomic E-state index is 11.8. The Bertz CT molecular complexity index is 232. The van der Waals surface area contributed by atoms with Crippen LogP contribution in [0.15, 0.2) is 0 Å². The molecule has 0 aromatic heterocycles. The Hall–Kier alpha value is -0.610. The van der Waals surface area contributed by atoms with E-state index >= 15 is 0 Å². The second-order valence-electron chi connectivity index (χ2n) is 5.05. The van der Waals surface area contributed by atoms with Crippen LogP contribution < -0.4 is 11.1 Å². The molecular formula is C11H23N3O. The summed E-state index contributed by atoms with van der Waals surface area (Å²) < 4.78 is 0. The summed E-state index contributed by atoms with van der Waals surface area (Å²) in [5.74, 6) is 0.111. The van der Waals surface area contributed by atoms with Gasteiger partial charge in [0.25, 0.3) is 0 Å². The van der Waals surface area contributed by atoms with E-state index in [-0.39, 0.29) is 23.5 Å². The summed E-state index contributed by atoms with van der Waals surface area (Å²) in [4.78, 5) is 13.9. The van der Waals surface area contributed by atoms with Crippen molar-refractivity contribution in [1.82, 2.24) is 10.2 Å². The molecule has 0 aliphatic carbocycles. The van der Waals surface area contributed by atoms with Crippen molar-refractivity contribution in [3.63, 3.8) is 0 Å². The fourth-order valence-electron chi connectivity index (χ4n) is 1.79. The number of amides is 1. The number of carbonyl (C=O) groups excluding carboxylic acids is 1. The zero-order chi connectivity index (χ0) is 11.6. The summed E-state index contributed by atoms with van der Waals surface area (Å²) in [6.45, 7) is 9.66. The van der Waals surface area contributed by atoms with Crippen LogP contribution in [0.5, 0.6) is 0 Å². The molecule has 4 nitrogen and oxygen atoms in total. The number of nitrogens with one attached hydrogen (secondary N) is 1. The molecule has 0 bridgehead atoms. The molecule has 0 saturated carbocycles. The van der Waals surface area contributed by atoms with Gasteiger partial charge >= 0.3 is 0 Å². The van der Waals surface area contributed by atoms with E-state index in [9.17, 15) is 4.79 Å². The smallest absolute Gasteiger partial charge is 0.237 e. The highest BCUT2D eigenvalue weighted by atomic mass is 16.2. The second-order valence-corrected chi connectivity index (χ2v) is 5.05. The molecule has 1 rings (SSSR count). The minimum atomic E-state index is -0.106. The van der Waals surface area contributed by atoms with Gasteiger partial charge in [-0.25, -0.2) is 0 Å². The first-order chi connectivity index (χ1) is 6.85. The molecule has 0 aromatic carbocycles. The Kier molecular flexibility index (Phi) is 3.73. The van der Waals surface area contributed by atoms with Crippen molar-refractivity contribution in [3.05, 3.63) is 0 Å². The zero-order valence-electron chi connectivity index (χ0n) is 10.2. The first kappa shape index (κ1) is 12.5. The van der Waals surface area contributed by atoms with Gasteiger partial charge < -0.3 is 11.1 Å². The largest absolute Gasteiger partial charge is 0.352 e. The lowest BCUT2D eigenvalue weighted by molar-refractivity contribution is -0.129. The Morgan fingerprint density at radius 1 is 1.53 bits per heavy atom. The third kappa shape index (κ3) is 3.18. The van der Waals surface area contributed by atoms with Gasteiger partial charge in [0.05, 0.1) is 6.04 Å². The molecule has 3 N–H and O–H groups in total. The van der Waals surface area contributed by atoms with Gasteiger partial charge in [-0.1, -0.05) is 6.92 Å². The highest BCUT2D eigenvalue weighted by molar-refractivity contribution is 5.81. The molecule has 1 aliphatic heterocycles. The zero-order valence-corrected chi connectivity index (χ0v) is 10.2. The fraction of sp³-hybridized carbons (Fsp3) is 0.909. The van der Waals surface area contributed by atoms with E-state index < -0.39 is 0 Å². The van der Waals surface area contributed by atoms with Gasteiger partial charge in [-0.05, 0) is 27.2 Å². The predicted octanol–water partition coefficient (Wildman–Crippen LogP) is 0.323. The van der Waals surface area contributed by atoms with Crippen LogP contribution in [0.2, 0.25) is 0 Å². The summed E-state index contributed by atoms with van der Waals surface area (Å²) >= 11 is 0. The first-order valence-electron chi connectivity index (χ1n) is 5.69. The van der Waals surface area contributed by atoms with E-state index in [0.29, 0.717) is 0 Å². The van der Waals surface area contributed by atoms with Crippen molar-refractivity contribution in [2.45, 2.75) is 51.7 Å². The van der Waals surface area contributed by atoms with E-state index in [1.54, 1.807) is 0 Å². The van der Waals surface area contributed by atoms with Gasteiger partial charge in [0.15, 0.2) is 0 Å². The van der Waals surface area contributed by atoms with Gasteiger partial charge in [-0.2, -0.15) is 0 Å². The van der Waals surface area contributed by atoms with Crippen molar-refractivity contribution >= 4 is 5.91 Å². The van der Waals surface area contributed by atoms with Crippen LogP contribution in [0.4, 0.5) is 0 Å². The van der Waals surface area contributed by atoms with Crippen molar-refractivity contribution in [2.75, 3.05) is 13.1 Å². The maximum Gasteiger partial charge on any atom is 0.237 e. The van der Waals surface area contributed by atoms with Crippen LogP contribution in [0.3, 0.4) is 0 Å². The molecule has 1 amide bonds. The molecule has 0 spiro atoms. The summed E-state index contributed by atoms with van der Waals surface area (Å²) in [5, 5.41) is 2.98. The molecule has 88 valence electrons. The number of hydrogen-bond donors (Lipinski definition) is 2. The number of hydrogen-bond acceptors (Lipinski definition) is 3. The van der Waals surface area contributed by atoms with Gasteiger partial charge in [0.1, 0.15) is 0 Å². The standard InChI is InChI=1S/C11H23N3O/c1-5-8(2)13-10(15)9(3)14-6-11(4,12)7-14/h8-9H,5-7,12H2,1-4H3,(H,13,15). The van der Waals surface area contributed by atoms with Crippen molar-refractivity contribution in [2.24, 2.45) is 5.73 Å². The van der Waals surface area contributed by atoms with Gasteiger partial charge in [-0.15, -0.1) is 0 Å². The lowest BCUT2D eigenvalue weighted by atomic mass is 9.92. The Labute approximate surface area is 92.2 Å². The second kappa shape index (κ2) is 4.49. The van der Waals surface area contributed by atoms with Crippen LogP contribution in [0, 0.1) is 0 Å². The number of nitrogens with two attached hydrogens (primary N) is 1. The lowest BCUT2D eigenvalue weighted by Gasteiger charge is -2.48. The van der Waals surface area contributed by atoms with E-state index in [1.165, 1.54) is 0 Å². The Balaban J connectivity index is 2.35. The summed E-state index contributed by atoms with van der Waals surface area (Å²) in [6, 6.07) is 0.195. The van der Waals surface area contributed by atoms with E-state index in [2.05, 4.69) is 17.1 Å². The normalized spacial score (nSPS) is 24.1. The molecule has 4 heteroatoms. The number of carbonyl (C=O) groups is 1. The average molecular weight is 213 g/mol. The highest BCUT2D eigenvalue weighted by Crippen LogP contribution is 2.19. The third-order valence-corrected chi connectivity index (χ3v) is 3.06. The fourth-order valence-corrected chi connectivity index (χ4v) is 1.79. The molecule has 0 radical (unpaired) electrons. The summed E-state index contributed by atoms with van der Waals surface area (Å²) in [6.07, 6.45) is 0.965. The van der Waals surface area contributed by atoms with Gasteiger partial charge in [0.2, 0.25) is 5.91 Å². The van der Waals surface area contributed by atoms with Gasteiger partial charge in [-0.3, -0.25) is 9.69 Å². The van der Waals surface area contributed by atoms with Crippen LogP contribution in [0.1, 0.15) is 34.1 Å². The van der Waals surface area contributed by atoms with Crippen molar-refractivity contribution < 1.29 is 4.79 Å². The topological polar surface area (TPSA) is 58.4 Å². The van der Waals surface area contributed by atoms with E-state index in [4.69, 9.17) is 5.73 Å². The molecule has 1 aliphatic rings. The molecule has 1 fully saturated rings. The van der Waals surface area contributed by atoms with Crippen LogP contribution in [0.25, 0.3) is 0 Å². The SMILES string of the molecule is CCC(C)NC(=O)C(C)N1CC(C)(N)C1. The molecular weight excluding hydrogens is 190 g/mol. The Morgan fingerprint density at radius 3 is 2.47 bits per heavy atom. The number of nitrogens with zero attached hydrogens (tertiary/aromatic N) is 1. The minimum absolute atomic E-state index is 0.0596. The Morgan fingerprint density at radius 2 is 2.07 bits per heavy atom. The first-order valence-corrected chi connectivity index (χ1v) is 5.69. The molecule has 15 heavy (non-hydrogen) atoms. The number of rotatable bonds is 4. The van der Waals surface area contributed by atoms with Crippen molar-refractivity contribution in [1.29, 1.82) is 0 Å². The van der Waals surface area contributed by atoms with E-state index in [0.717, 1.165) is 19.5 Å². The highest BCUT2D eigenvalue weighted by Gasteiger charge is 2.39. The monoisotopic (exact) mass is 213 g/mol. The minimum Gasteiger partial charge on any atom is -0.352 e. The molecule has 1 saturated heterocycles. The van der Waals surface area contributed by atoms with E-state index in [1.807, 2.05) is 20.8 Å². The van der Waals surface area contributed by atoms with Gasteiger partial charge in [0, 0.05) is 24.7 Å². The lowest BCUT2D eigenvalue weighted by Crippen LogP contribution is -2.69. The maximum absolute atomic E-state index is 11.8. The predicted molar refractivity (Wildman–Crippen MR) is 61.5 cm³/mol.